The highest BCUT2D eigenvalue weighted by Gasteiger charge is 2.19. The minimum absolute atomic E-state index is 0.179. The maximum atomic E-state index is 12.6. The van der Waals surface area contributed by atoms with Crippen LogP contribution < -0.4 is 10.0 Å². The molecule has 2 heterocycles. The Morgan fingerprint density at radius 2 is 1.48 bits per heavy atom. The molecule has 6 nitrogen and oxygen atoms in total. The van der Waals surface area contributed by atoms with E-state index in [9.17, 15) is 8.42 Å². The number of thiophene rings is 1. The van der Waals surface area contributed by atoms with Gasteiger partial charge >= 0.3 is 0 Å². The van der Waals surface area contributed by atoms with Crippen molar-refractivity contribution in [2.75, 3.05) is 10.0 Å². The molecule has 0 radical (unpaired) electrons. The van der Waals surface area contributed by atoms with Gasteiger partial charge in [0.25, 0.3) is 10.0 Å². The van der Waals surface area contributed by atoms with Gasteiger partial charge in [-0.2, -0.15) is 0 Å². The van der Waals surface area contributed by atoms with E-state index in [4.69, 9.17) is 0 Å². The lowest BCUT2D eigenvalue weighted by molar-refractivity contribution is 0.603. The normalized spacial score (nSPS) is 11.4. The number of hydrogen-bond donors (Lipinski definition) is 2. The molecule has 8 heteroatoms. The molecule has 0 aliphatic carbocycles. The van der Waals surface area contributed by atoms with Crippen LogP contribution >= 0.6 is 11.3 Å². The molecule has 0 spiro atoms. The molecule has 0 amide bonds. The number of nitrogens with zero attached hydrogens (tertiary/aromatic N) is 2. The van der Waals surface area contributed by atoms with Crippen molar-refractivity contribution in [1.82, 2.24) is 9.97 Å². The Balaban J connectivity index is 1.71. The van der Waals surface area contributed by atoms with Gasteiger partial charge in [0, 0.05) is 6.54 Å². The monoisotopic (exact) mass is 396 g/mol. The van der Waals surface area contributed by atoms with Crippen LogP contribution in [0.1, 0.15) is 5.56 Å². The van der Waals surface area contributed by atoms with Crippen LogP contribution in [0.25, 0.3) is 11.0 Å². The Kier molecular flexibility index (Phi) is 4.74. The van der Waals surface area contributed by atoms with E-state index in [1.54, 1.807) is 23.6 Å². The Labute approximate surface area is 161 Å². The molecule has 0 aliphatic rings. The first-order chi connectivity index (χ1) is 13.1. The van der Waals surface area contributed by atoms with Gasteiger partial charge in [0.15, 0.2) is 11.6 Å². The average molecular weight is 396 g/mol. The number of sulfonamides is 1. The van der Waals surface area contributed by atoms with Gasteiger partial charge < -0.3 is 5.32 Å². The lowest BCUT2D eigenvalue weighted by Gasteiger charge is -2.13. The number of fused-ring (bicyclic) bond motifs is 1. The third-order valence-corrected chi connectivity index (χ3v) is 6.60. The Morgan fingerprint density at radius 1 is 0.815 bits per heavy atom. The largest absolute Gasteiger partial charge is 0.363 e. The molecule has 0 bridgehead atoms. The molecular formula is C19H16N4O2S2. The van der Waals surface area contributed by atoms with Gasteiger partial charge in [0.05, 0.1) is 11.0 Å². The molecule has 0 saturated carbocycles. The number of benzene rings is 2. The minimum Gasteiger partial charge on any atom is -0.363 e. The quantitative estimate of drug-likeness (QED) is 0.512. The molecule has 0 fully saturated rings. The highest BCUT2D eigenvalue weighted by molar-refractivity contribution is 7.94. The van der Waals surface area contributed by atoms with E-state index in [1.165, 1.54) is 0 Å². The summed E-state index contributed by atoms with van der Waals surface area (Å²) in [5, 5.41) is 4.91. The first-order valence-electron chi connectivity index (χ1n) is 8.23. The van der Waals surface area contributed by atoms with Gasteiger partial charge in [-0.05, 0) is 29.1 Å². The van der Waals surface area contributed by atoms with Crippen molar-refractivity contribution in [3.8, 4) is 0 Å². The zero-order valence-corrected chi connectivity index (χ0v) is 15.8. The number of nitrogens with one attached hydrogen (secondary N) is 2. The third-order valence-electron chi connectivity index (χ3n) is 3.86. The summed E-state index contributed by atoms with van der Waals surface area (Å²) < 4.78 is 28.1. The summed E-state index contributed by atoms with van der Waals surface area (Å²) >= 11 is 1.15. The summed E-state index contributed by atoms with van der Waals surface area (Å²) in [7, 11) is -3.72. The van der Waals surface area contributed by atoms with Crippen molar-refractivity contribution < 1.29 is 8.42 Å². The summed E-state index contributed by atoms with van der Waals surface area (Å²) in [4.78, 5) is 9.03. The van der Waals surface area contributed by atoms with Gasteiger partial charge in [-0.1, -0.05) is 48.5 Å². The van der Waals surface area contributed by atoms with Crippen LogP contribution in [0.5, 0.6) is 0 Å². The van der Waals surface area contributed by atoms with E-state index < -0.39 is 10.0 Å². The molecule has 4 aromatic rings. The predicted molar refractivity (Wildman–Crippen MR) is 108 cm³/mol. The fraction of sp³-hybridized carbons (Fsp3) is 0.0526. The number of hydrogen-bond acceptors (Lipinski definition) is 6. The van der Waals surface area contributed by atoms with E-state index in [-0.39, 0.29) is 10.0 Å². The molecule has 136 valence electrons. The van der Waals surface area contributed by atoms with Gasteiger partial charge in [-0.3, -0.25) is 4.72 Å². The van der Waals surface area contributed by atoms with E-state index in [2.05, 4.69) is 20.0 Å². The highest BCUT2D eigenvalue weighted by Crippen LogP contribution is 2.26. The van der Waals surface area contributed by atoms with Crippen LogP contribution in [0.2, 0.25) is 0 Å². The second kappa shape index (κ2) is 7.34. The first kappa shape index (κ1) is 17.4. The molecule has 0 aliphatic heterocycles. The highest BCUT2D eigenvalue weighted by atomic mass is 32.2. The second-order valence-electron chi connectivity index (χ2n) is 5.79. The number of aromatic nitrogens is 2. The number of para-hydroxylation sites is 2. The lowest BCUT2D eigenvalue weighted by Crippen LogP contribution is -2.15. The van der Waals surface area contributed by atoms with E-state index in [0.717, 1.165) is 16.9 Å². The van der Waals surface area contributed by atoms with Crippen LogP contribution in [0.3, 0.4) is 0 Å². The van der Waals surface area contributed by atoms with E-state index in [1.807, 2.05) is 48.5 Å². The smallest absolute Gasteiger partial charge is 0.272 e. The summed E-state index contributed by atoms with van der Waals surface area (Å²) in [5.41, 5.74) is 2.36. The van der Waals surface area contributed by atoms with Crippen LogP contribution in [-0.4, -0.2) is 18.4 Å². The van der Waals surface area contributed by atoms with Gasteiger partial charge in [-0.25, -0.2) is 18.4 Å². The zero-order valence-electron chi connectivity index (χ0n) is 14.2. The number of anilines is 2. The summed E-state index contributed by atoms with van der Waals surface area (Å²) in [5.74, 6) is 0.565. The van der Waals surface area contributed by atoms with Gasteiger partial charge in [0.1, 0.15) is 4.21 Å². The molecule has 2 N–H and O–H groups in total. The van der Waals surface area contributed by atoms with Crippen molar-refractivity contribution in [1.29, 1.82) is 0 Å². The summed E-state index contributed by atoms with van der Waals surface area (Å²) in [6.45, 7) is 0.502. The fourth-order valence-electron chi connectivity index (χ4n) is 2.57. The van der Waals surface area contributed by atoms with Crippen molar-refractivity contribution in [3.05, 3.63) is 77.7 Å². The molecule has 2 aromatic heterocycles. The molecule has 0 unspecified atom stereocenters. The molecule has 0 saturated heterocycles. The van der Waals surface area contributed by atoms with Gasteiger partial charge in [0.2, 0.25) is 0 Å². The standard InChI is InChI=1S/C19H16N4O2S2/c24-27(25,17-11-6-12-26-17)23-19-18(20-13-14-7-2-1-3-8-14)21-15-9-4-5-10-16(15)22-19/h1-12H,13H2,(H,20,21)(H,22,23). The van der Waals surface area contributed by atoms with Crippen molar-refractivity contribution in [2.24, 2.45) is 0 Å². The van der Waals surface area contributed by atoms with Crippen LogP contribution in [0, 0.1) is 0 Å². The topological polar surface area (TPSA) is 84.0 Å². The maximum absolute atomic E-state index is 12.6. The maximum Gasteiger partial charge on any atom is 0.272 e. The van der Waals surface area contributed by atoms with E-state index in [0.29, 0.717) is 23.4 Å². The van der Waals surface area contributed by atoms with Crippen LogP contribution in [0.4, 0.5) is 11.6 Å². The van der Waals surface area contributed by atoms with Crippen molar-refractivity contribution in [2.45, 2.75) is 10.8 Å². The van der Waals surface area contributed by atoms with Crippen LogP contribution in [-0.2, 0) is 16.6 Å². The third kappa shape index (κ3) is 3.91. The molecule has 27 heavy (non-hydrogen) atoms. The Bertz CT molecular complexity index is 1160. The predicted octanol–water partition coefficient (Wildman–Crippen LogP) is 4.10. The first-order valence-corrected chi connectivity index (χ1v) is 10.6. The molecular weight excluding hydrogens is 380 g/mol. The Morgan fingerprint density at radius 3 is 2.15 bits per heavy atom. The van der Waals surface area contributed by atoms with Gasteiger partial charge in [-0.15, -0.1) is 11.3 Å². The zero-order chi connectivity index (χ0) is 18.7. The molecule has 0 atom stereocenters. The van der Waals surface area contributed by atoms with E-state index >= 15 is 0 Å². The lowest BCUT2D eigenvalue weighted by atomic mass is 10.2. The summed E-state index contributed by atoms with van der Waals surface area (Å²) in [6.07, 6.45) is 0. The second-order valence-corrected chi connectivity index (χ2v) is 8.64. The minimum atomic E-state index is -3.72. The molecule has 2 aromatic carbocycles. The fourth-order valence-corrected chi connectivity index (χ4v) is 4.57. The van der Waals surface area contributed by atoms with Crippen LogP contribution in [0.15, 0.2) is 76.3 Å². The average Bonchev–Trinajstić information content (AvgIpc) is 3.23. The van der Waals surface area contributed by atoms with Crippen molar-refractivity contribution >= 4 is 44.0 Å². The Hall–Kier alpha value is -2.97. The molecule has 4 rings (SSSR count). The SMILES string of the molecule is O=S(=O)(Nc1nc2ccccc2nc1NCc1ccccc1)c1cccs1. The van der Waals surface area contributed by atoms with Crippen molar-refractivity contribution in [3.63, 3.8) is 0 Å². The summed E-state index contributed by atoms with van der Waals surface area (Å²) in [6, 6.07) is 20.4. The number of rotatable bonds is 6.